The van der Waals surface area contributed by atoms with Gasteiger partial charge in [0.2, 0.25) is 0 Å². The Kier molecular flexibility index (Phi) is 10.8. The van der Waals surface area contributed by atoms with Gasteiger partial charge in [0, 0.05) is 0 Å². The number of esters is 1. The van der Waals surface area contributed by atoms with Crippen LogP contribution in [0.25, 0.3) is 0 Å². The van der Waals surface area contributed by atoms with Crippen molar-refractivity contribution in [3.63, 3.8) is 0 Å². The Bertz CT molecular complexity index is 857. The van der Waals surface area contributed by atoms with Gasteiger partial charge < -0.3 is 96.7 Å². The van der Waals surface area contributed by atoms with E-state index in [1.54, 1.807) is 0 Å². The SMILES string of the molecule is N[C@H]1[C@@H](OC2[C@@H](CO)O[C@@H](OC3[C@@H](CO)O[C@@H](O)[C@H](N)[C@H]3O)[C@H](N)[C@H]2O)O[C@](O)(CO)[C@@](O)(OC(=O)CO)[C@@H]1O. The second-order valence-electron chi connectivity index (χ2n) is 9.59. The van der Waals surface area contributed by atoms with Crippen molar-refractivity contribution in [2.45, 2.75) is 91.3 Å². The first-order chi connectivity index (χ1) is 18.7. The van der Waals surface area contributed by atoms with E-state index in [1.165, 1.54) is 0 Å². The average molecular weight is 592 g/mol. The molecule has 234 valence electrons. The summed E-state index contributed by atoms with van der Waals surface area (Å²) >= 11 is 0. The zero-order chi connectivity index (χ0) is 30.2. The summed E-state index contributed by atoms with van der Waals surface area (Å²) in [6.07, 6.45) is -16.8. The van der Waals surface area contributed by atoms with Crippen molar-refractivity contribution >= 4 is 5.97 Å². The molecule has 3 aliphatic rings. The highest BCUT2D eigenvalue weighted by Gasteiger charge is 2.67. The topological polar surface area (TPSA) is 353 Å². The maximum atomic E-state index is 11.5. The minimum atomic E-state index is -3.38. The van der Waals surface area contributed by atoms with Crippen LogP contribution in [0.3, 0.4) is 0 Å². The van der Waals surface area contributed by atoms with Crippen molar-refractivity contribution in [3.8, 4) is 0 Å². The van der Waals surface area contributed by atoms with Crippen LogP contribution in [0, 0.1) is 0 Å². The highest BCUT2D eigenvalue weighted by molar-refractivity contribution is 5.71. The van der Waals surface area contributed by atoms with Gasteiger partial charge in [-0.3, -0.25) is 0 Å². The zero-order valence-corrected chi connectivity index (χ0v) is 20.9. The number of aliphatic hydroxyl groups is 10. The number of nitrogens with two attached hydrogens (primary N) is 3. The van der Waals surface area contributed by atoms with Gasteiger partial charge >= 0.3 is 5.97 Å². The number of carbonyl (C=O) groups is 1. The Morgan fingerprint density at radius 2 is 1.30 bits per heavy atom. The van der Waals surface area contributed by atoms with E-state index >= 15 is 0 Å². The summed E-state index contributed by atoms with van der Waals surface area (Å²) in [5, 5.41) is 101. The molecular formula is C20H37N3O17. The van der Waals surface area contributed by atoms with Gasteiger partial charge in [-0.1, -0.05) is 0 Å². The highest BCUT2D eigenvalue weighted by Crippen LogP contribution is 2.39. The van der Waals surface area contributed by atoms with Crippen molar-refractivity contribution in [2.75, 3.05) is 26.4 Å². The maximum Gasteiger partial charge on any atom is 0.334 e. The molecule has 3 saturated heterocycles. The average Bonchev–Trinajstić information content (AvgIpc) is 2.94. The number of ether oxygens (including phenoxy) is 6. The molecule has 0 spiro atoms. The highest BCUT2D eigenvalue weighted by atomic mass is 16.8. The Hall–Kier alpha value is -1.25. The van der Waals surface area contributed by atoms with E-state index in [0.717, 1.165) is 0 Å². The fraction of sp³-hybridized carbons (Fsp3) is 0.950. The van der Waals surface area contributed by atoms with Gasteiger partial charge in [-0.25, -0.2) is 4.79 Å². The number of aliphatic hydroxyl groups excluding tert-OH is 8. The molecular weight excluding hydrogens is 554 g/mol. The van der Waals surface area contributed by atoms with E-state index in [0.29, 0.717) is 0 Å². The van der Waals surface area contributed by atoms with Gasteiger partial charge in [-0.05, 0) is 0 Å². The standard InChI is InChI=1S/C20H37N3O17/c21-8-11(29)13(5(1-24)35-16(8)32)37-17-9(22)12(30)14(6(2-25)36-17)38-18-10(23)15(31)20(34,39-7(28)3-26)19(33,4-27)40-18/h5-6,8-18,24-27,29-34H,1-4,21-23H2/t5-,6-,8-,9-,10-,11-,12-,13?,14?,15-,16-,17+,18+,19-,20+/m1/s1. The van der Waals surface area contributed by atoms with Crippen LogP contribution in [0.15, 0.2) is 0 Å². The third kappa shape index (κ3) is 5.96. The predicted octanol–water partition coefficient (Wildman–Crippen LogP) is -9.49. The second kappa shape index (κ2) is 12.9. The number of rotatable bonds is 9. The molecule has 3 aliphatic heterocycles. The lowest BCUT2D eigenvalue weighted by Gasteiger charge is -2.52. The minimum absolute atomic E-state index is 0.724. The van der Waals surface area contributed by atoms with Crippen molar-refractivity contribution in [1.29, 1.82) is 0 Å². The molecule has 20 heteroatoms. The van der Waals surface area contributed by atoms with Crippen LogP contribution in [-0.2, 0) is 33.2 Å². The van der Waals surface area contributed by atoms with Crippen molar-refractivity contribution in [1.82, 2.24) is 0 Å². The summed E-state index contributed by atoms with van der Waals surface area (Å²) in [7, 11) is 0. The molecule has 0 saturated carbocycles. The lowest BCUT2D eigenvalue weighted by Crippen LogP contribution is -2.78. The van der Waals surface area contributed by atoms with Crippen LogP contribution >= 0.6 is 0 Å². The minimum Gasteiger partial charge on any atom is -0.422 e. The summed E-state index contributed by atoms with van der Waals surface area (Å²) in [5.41, 5.74) is 17.6. The normalized spacial score (nSPS) is 50.0. The van der Waals surface area contributed by atoms with E-state index in [-0.39, 0.29) is 0 Å². The molecule has 0 aromatic heterocycles. The molecule has 0 aromatic carbocycles. The molecule has 3 fully saturated rings. The molecule has 16 N–H and O–H groups in total. The van der Waals surface area contributed by atoms with Gasteiger partial charge in [-0.2, -0.15) is 0 Å². The number of carbonyl (C=O) groups excluding carboxylic acids is 1. The first-order valence-corrected chi connectivity index (χ1v) is 12.1. The predicted molar refractivity (Wildman–Crippen MR) is 120 cm³/mol. The lowest BCUT2D eigenvalue weighted by molar-refractivity contribution is -0.468. The Morgan fingerprint density at radius 3 is 1.82 bits per heavy atom. The smallest absolute Gasteiger partial charge is 0.334 e. The van der Waals surface area contributed by atoms with Crippen LogP contribution in [0.5, 0.6) is 0 Å². The second-order valence-corrected chi connectivity index (χ2v) is 9.59. The van der Waals surface area contributed by atoms with E-state index in [1.807, 2.05) is 0 Å². The third-order valence-corrected chi connectivity index (χ3v) is 6.97. The van der Waals surface area contributed by atoms with Crippen LogP contribution in [0.1, 0.15) is 0 Å². The first-order valence-electron chi connectivity index (χ1n) is 12.1. The zero-order valence-electron chi connectivity index (χ0n) is 20.9. The van der Waals surface area contributed by atoms with Crippen LogP contribution in [-0.4, -0.2) is 175 Å². The van der Waals surface area contributed by atoms with E-state index in [4.69, 9.17) is 46.0 Å². The fourth-order valence-corrected chi connectivity index (χ4v) is 4.57. The Balaban J connectivity index is 1.78. The summed E-state index contributed by atoms with van der Waals surface area (Å²) in [6.45, 7) is -4.38. The largest absolute Gasteiger partial charge is 0.422 e. The van der Waals surface area contributed by atoms with Crippen LogP contribution in [0.2, 0.25) is 0 Å². The first kappa shape index (κ1) is 33.3. The molecule has 0 aromatic rings. The molecule has 20 nitrogen and oxygen atoms in total. The Labute approximate surface area is 225 Å². The van der Waals surface area contributed by atoms with E-state index < -0.39 is 124 Å². The van der Waals surface area contributed by atoms with Gasteiger partial charge in [0.15, 0.2) is 18.9 Å². The molecule has 15 atom stereocenters. The summed E-state index contributed by atoms with van der Waals surface area (Å²) < 4.78 is 31.4. The Morgan fingerprint density at radius 1 is 0.775 bits per heavy atom. The lowest BCUT2D eigenvalue weighted by atomic mass is 9.90. The molecule has 0 bridgehead atoms. The molecule has 0 amide bonds. The van der Waals surface area contributed by atoms with Crippen LogP contribution in [0.4, 0.5) is 0 Å². The van der Waals surface area contributed by atoms with Gasteiger partial charge in [-0.15, -0.1) is 0 Å². The van der Waals surface area contributed by atoms with Crippen molar-refractivity contribution in [2.24, 2.45) is 17.2 Å². The monoisotopic (exact) mass is 591 g/mol. The third-order valence-electron chi connectivity index (χ3n) is 6.97. The van der Waals surface area contributed by atoms with Gasteiger partial charge in [0.05, 0.1) is 31.3 Å². The number of hydrogen-bond donors (Lipinski definition) is 13. The summed E-state index contributed by atoms with van der Waals surface area (Å²) in [4.78, 5) is 11.5. The van der Waals surface area contributed by atoms with E-state index in [9.17, 15) is 50.8 Å². The summed E-state index contributed by atoms with van der Waals surface area (Å²) in [6, 6.07) is -4.71. The van der Waals surface area contributed by atoms with Crippen molar-refractivity contribution in [3.05, 3.63) is 0 Å². The summed E-state index contributed by atoms with van der Waals surface area (Å²) in [5.74, 6) is -8.17. The molecule has 3 heterocycles. The van der Waals surface area contributed by atoms with E-state index in [2.05, 4.69) is 4.74 Å². The molecule has 3 rings (SSSR count). The number of hydrogen-bond acceptors (Lipinski definition) is 20. The van der Waals surface area contributed by atoms with Crippen molar-refractivity contribution < 1.29 is 84.3 Å². The molecule has 40 heavy (non-hydrogen) atoms. The van der Waals surface area contributed by atoms with Gasteiger partial charge in [0.25, 0.3) is 11.6 Å². The fourth-order valence-electron chi connectivity index (χ4n) is 4.57. The van der Waals surface area contributed by atoms with Gasteiger partial charge in [0.1, 0.15) is 55.9 Å². The van der Waals surface area contributed by atoms with Crippen LogP contribution < -0.4 is 17.2 Å². The molecule has 2 unspecified atom stereocenters. The quantitative estimate of drug-likeness (QED) is 0.0873. The molecule has 0 aliphatic carbocycles. The molecule has 0 radical (unpaired) electrons. The maximum absolute atomic E-state index is 11.5.